The van der Waals surface area contributed by atoms with Gasteiger partial charge in [-0.25, -0.2) is 0 Å². The van der Waals surface area contributed by atoms with Gasteiger partial charge in [-0.3, -0.25) is 4.79 Å². The molecule has 0 saturated carbocycles. The van der Waals surface area contributed by atoms with Crippen LogP contribution in [0.1, 0.15) is 16.8 Å². The maximum absolute atomic E-state index is 12.3. The van der Waals surface area contributed by atoms with Crippen LogP contribution in [0.5, 0.6) is 0 Å². The Balaban J connectivity index is 1.64. The second kappa shape index (κ2) is 6.79. The number of aromatic amines is 1. The van der Waals surface area contributed by atoms with E-state index in [4.69, 9.17) is 0 Å². The molecule has 0 unspecified atom stereocenters. The molecule has 0 aliphatic carbocycles. The summed E-state index contributed by atoms with van der Waals surface area (Å²) in [5, 5.41) is 4.14. The lowest BCUT2D eigenvalue weighted by Crippen LogP contribution is -2.24. The summed E-state index contributed by atoms with van der Waals surface area (Å²) in [5.74, 6) is 0.0412. The molecular formula is C20H23N3O. The molecular weight excluding hydrogens is 298 g/mol. The van der Waals surface area contributed by atoms with Gasteiger partial charge in [0.15, 0.2) is 0 Å². The molecule has 4 heteroatoms. The second-order valence-corrected chi connectivity index (χ2v) is 6.29. The minimum absolute atomic E-state index is 0.0412. The molecule has 2 N–H and O–H groups in total. The minimum atomic E-state index is 0.0412. The first-order valence-corrected chi connectivity index (χ1v) is 8.14. The van der Waals surface area contributed by atoms with E-state index in [1.807, 2.05) is 51.4 Å². The number of benzene rings is 2. The number of hydrogen-bond acceptors (Lipinski definition) is 2. The number of nitrogens with zero attached hydrogens (tertiary/aromatic N) is 1. The van der Waals surface area contributed by atoms with E-state index in [-0.39, 0.29) is 5.91 Å². The highest BCUT2D eigenvalue weighted by atomic mass is 16.1. The number of amides is 1. The van der Waals surface area contributed by atoms with Crippen LogP contribution in [0.15, 0.2) is 48.5 Å². The van der Waals surface area contributed by atoms with Crippen molar-refractivity contribution in [3.8, 4) is 0 Å². The number of aromatic nitrogens is 1. The van der Waals surface area contributed by atoms with E-state index < -0.39 is 0 Å². The number of para-hydroxylation sites is 1. The van der Waals surface area contributed by atoms with E-state index >= 15 is 0 Å². The minimum Gasteiger partial charge on any atom is -0.378 e. The van der Waals surface area contributed by atoms with Gasteiger partial charge in [-0.1, -0.05) is 30.3 Å². The lowest BCUT2D eigenvalue weighted by molar-refractivity contribution is -0.120. The number of fused-ring (bicyclic) bond motifs is 1. The number of anilines is 1. The number of carbonyl (C=O) groups is 1. The monoisotopic (exact) mass is 321 g/mol. The van der Waals surface area contributed by atoms with Crippen molar-refractivity contribution < 1.29 is 4.79 Å². The second-order valence-electron chi connectivity index (χ2n) is 6.29. The van der Waals surface area contributed by atoms with E-state index in [1.54, 1.807) is 0 Å². The molecule has 124 valence electrons. The molecule has 1 amide bonds. The molecule has 24 heavy (non-hydrogen) atoms. The Hall–Kier alpha value is -2.75. The standard InChI is InChI=1S/C20H23N3O/c1-14-18(17-6-4-5-7-19(17)22-14)12-20(24)21-13-15-8-10-16(11-9-15)23(2)3/h4-11,22H,12-13H2,1-3H3,(H,21,24). The summed E-state index contributed by atoms with van der Waals surface area (Å²) in [5.41, 5.74) is 5.47. The Morgan fingerprint density at radius 3 is 2.50 bits per heavy atom. The number of aryl methyl sites for hydroxylation is 1. The van der Waals surface area contributed by atoms with E-state index in [0.717, 1.165) is 33.4 Å². The highest BCUT2D eigenvalue weighted by Crippen LogP contribution is 2.22. The van der Waals surface area contributed by atoms with Gasteiger partial charge in [-0.05, 0) is 36.2 Å². The zero-order valence-corrected chi connectivity index (χ0v) is 14.4. The van der Waals surface area contributed by atoms with Gasteiger partial charge in [0, 0.05) is 42.9 Å². The van der Waals surface area contributed by atoms with Gasteiger partial charge in [0.25, 0.3) is 0 Å². The van der Waals surface area contributed by atoms with Gasteiger partial charge in [0.05, 0.1) is 6.42 Å². The molecule has 0 radical (unpaired) electrons. The Morgan fingerprint density at radius 2 is 1.79 bits per heavy atom. The largest absolute Gasteiger partial charge is 0.378 e. The first kappa shape index (κ1) is 16.1. The molecule has 0 aliphatic heterocycles. The predicted octanol–water partition coefficient (Wildman–Crippen LogP) is 3.40. The molecule has 0 saturated heterocycles. The quantitative estimate of drug-likeness (QED) is 0.756. The first-order valence-electron chi connectivity index (χ1n) is 8.14. The Kier molecular flexibility index (Phi) is 4.56. The van der Waals surface area contributed by atoms with Gasteiger partial charge in [0.2, 0.25) is 5.91 Å². The van der Waals surface area contributed by atoms with Gasteiger partial charge in [-0.2, -0.15) is 0 Å². The Bertz CT molecular complexity index is 847. The van der Waals surface area contributed by atoms with Crippen molar-refractivity contribution >= 4 is 22.5 Å². The van der Waals surface area contributed by atoms with Crippen LogP contribution in [0, 0.1) is 6.92 Å². The third kappa shape index (κ3) is 3.43. The molecule has 2 aromatic carbocycles. The molecule has 0 spiro atoms. The number of hydrogen-bond donors (Lipinski definition) is 2. The lowest BCUT2D eigenvalue weighted by Gasteiger charge is -2.13. The Morgan fingerprint density at radius 1 is 1.08 bits per heavy atom. The molecule has 0 atom stereocenters. The third-order valence-electron chi connectivity index (χ3n) is 4.31. The number of H-pyrrole nitrogens is 1. The molecule has 4 nitrogen and oxygen atoms in total. The molecule has 0 aliphatic rings. The van der Waals surface area contributed by atoms with E-state index in [0.29, 0.717) is 13.0 Å². The maximum atomic E-state index is 12.3. The van der Waals surface area contributed by atoms with Gasteiger partial charge in [-0.15, -0.1) is 0 Å². The van der Waals surface area contributed by atoms with E-state index in [1.165, 1.54) is 0 Å². The number of carbonyl (C=O) groups excluding carboxylic acids is 1. The molecule has 1 aromatic heterocycles. The maximum Gasteiger partial charge on any atom is 0.224 e. The van der Waals surface area contributed by atoms with E-state index in [2.05, 4.69) is 33.4 Å². The van der Waals surface area contributed by atoms with Gasteiger partial charge < -0.3 is 15.2 Å². The summed E-state index contributed by atoms with van der Waals surface area (Å²) in [6.07, 6.45) is 0.394. The summed E-state index contributed by atoms with van der Waals surface area (Å²) < 4.78 is 0. The van der Waals surface area contributed by atoms with Crippen molar-refractivity contribution in [3.63, 3.8) is 0 Å². The molecule has 0 fully saturated rings. The summed E-state index contributed by atoms with van der Waals surface area (Å²) in [4.78, 5) is 17.7. The van der Waals surface area contributed by atoms with Crippen LogP contribution in [0.4, 0.5) is 5.69 Å². The fourth-order valence-corrected chi connectivity index (χ4v) is 2.90. The third-order valence-corrected chi connectivity index (χ3v) is 4.31. The van der Waals surface area contributed by atoms with Crippen LogP contribution < -0.4 is 10.2 Å². The SMILES string of the molecule is Cc1[nH]c2ccccc2c1CC(=O)NCc1ccc(N(C)C)cc1. The van der Waals surface area contributed by atoms with Gasteiger partial charge in [0.1, 0.15) is 0 Å². The highest BCUT2D eigenvalue weighted by molar-refractivity contribution is 5.90. The predicted molar refractivity (Wildman–Crippen MR) is 99.4 cm³/mol. The highest BCUT2D eigenvalue weighted by Gasteiger charge is 2.12. The summed E-state index contributed by atoms with van der Waals surface area (Å²) in [6, 6.07) is 16.3. The first-order chi connectivity index (χ1) is 11.5. The van der Waals surface area contributed by atoms with Crippen molar-refractivity contribution in [2.45, 2.75) is 19.9 Å². The molecule has 1 heterocycles. The summed E-state index contributed by atoms with van der Waals surface area (Å²) in [7, 11) is 4.03. The Labute approximate surface area is 142 Å². The normalized spacial score (nSPS) is 10.8. The lowest BCUT2D eigenvalue weighted by atomic mass is 10.1. The molecule has 3 rings (SSSR count). The summed E-state index contributed by atoms with van der Waals surface area (Å²) in [6.45, 7) is 2.57. The van der Waals surface area contributed by atoms with Crippen LogP contribution >= 0.6 is 0 Å². The fraction of sp³-hybridized carbons (Fsp3) is 0.250. The summed E-state index contributed by atoms with van der Waals surface area (Å²) >= 11 is 0. The topological polar surface area (TPSA) is 48.1 Å². The van der Waals surface area contributed by atoms with Crippen LogP contribution in [0.2, 0.25) is 0 Å². The van der Waals surface area contributed by atoms with Crippen molar-refractivity contribution in [1.82, 2.24) is 10.3 Å². The van der Waals surface area contributed by atoms with Crippen LogP contribution in [-0.2, 0) is 17.8 Å². The van der Waals surface area contributed by atoms with E-state index in [9.17, 15) is 4.79 Å². The average Bonchev–Trinajstić information content (AvgIpc) is 2.89. The van der Waals surface area contributed by atoms with Crippen LogP contribution in [0.3, 0.4) is 0 Å². The number of nitrogens with one attached hydrogen (secondary N) is 2. The fourth-order valence-electron chi connectivity index (χ4n) is 2.90. The van der Waals surface area contributed by atoms with Crippen molar-refractivity contribution in [2.24, 2.45) is 0 Å². The smallest absolute Gasteiger partial charge is 0.224 e. The zero-order valence-electron chi connectivity index (χ0n) is 14.4. The zero-order chi connectivity index (χ0) is 17.1. The molecule has 3 aromatic rings. The average molecular weight is 321 g/mol. The van der Waals surface area contributed by atoms with Crippen molar-refractivity contribution in [3.05, 3.63) is 65.4 Å². The van der Waals surface area contributed by atoms with Crippen molar-refractivity contribution in [1.29, 1.82) is 0 Å². The van der Waals surface area contributed by atoms with Crippen molar-refractivity contribution in [2.75, 3.05) is 19.0 Å². The van der Waals surface area contributed by atoms with Crippen LogP contribution in [-0.4, -0.2) is 25.0 Å². The number of rotatable bonds is 5. The van der Waals surface area contributed by atoms with Gasteiger partial charge >= 0.3 is 0 Å². The van der Waals surface area contributed by atoms with Crippen LogP contribution in [0.25, 0.3) is 10.9 Å². The molecule has 0 bridgehead atoms.